The van der Waals surface area contributed by atoms with E-state index < -0.39 is 18.0 Å². The van der Waals surface area contributed by atoms with E-state index in [0.717, 1.165) is 59.8 Å². The van der Waals surface area contributed by atoms with Gasteiger partial charge in [0.25, 0.3) is 0 Å². The maximum absolute atomic E-state index is 13.0. The predicted molar refractivity (Wildman–Crippen MR) is 140 cm³/mol. The number of allylic oxidation sites excluding steroid dienone is 3. The fourth-order valence-electron chi connectivity index (χ4n) is 4.18. The quantitative estimate of drug-likeness (QED) is 0.410. The van der Waals surface area contributed by atoms with Crippen LogP contribution in [0.3, 0.4) is 0 Å². The van der Waals surface area contributed by atoms with Crippen molar-refractivity contribution < 1.29 is 22.6 Å². The topological polar surface area (TPSA) is 67.2 Å². The summed E-state index contributed by atoms with van der Waals surface area (Å²) in [5.74, 6) is 1.96. The van der Waals surface area contributed by atoms with Gasteiger partial charge in [-0.15, -0.1) is 0 Å². The molecule has 2 aromatic carbocycles. The Hall–Kier alpha value is -3.75. The van der Waals surface area contributed by atoms with Crippen molar-refractivity contribution in [3.8, 4) is 11.5 Å². The molecule has 2 atom stereocenters. The van der Waals surface area contributed by atoms with E-state index in [1.54, 1.807) is 13.2 Å². The number of halogens is 3. The molecular weight excluding hydrogens is 481 g/mol. The molecule has 0 fully saturated rings. The van der Waals surface area contributed by atoms with Crippen LogP contribution in [-0.4, -0.2) is 31.9 Å². The number of nitrogens with zero attached hydrogens (tertiary/aromatic N) is 2. The number of ether oxygens (including phenoxy) is 2. The molecule has 2 aromatic rings. The molecule has 2 N–H and O–H groups in total. The van der Waals surface area contributed by atoms with Gasteiger partial charge < -0.3 is 20.1 Å². The monoisotopic (exact) mass is 512 g/mol. The van der Waals surface area contributed by atoms with Gasteiger partial charge in [-0.1, -0.05) is 18.2 Å². The van der Waals surface area contributed by atoms with E-state index in [9.17, 15) is 13.2 Å². The lowest BCUT2D eigenvalue weighted by Gasteiger charge is -2.22. The SMILES string of the molecule is COc1cc(NCC2=NC(Oc3cccc(C(F)(F)F)c3)C=C(C)N2)ccc1CCC1C=NC(C)=CC1. The highest BCUT2D eigenvalue weighted by molar-refractivity contribution is 5.88. The minimum atomic E-state index is -4.44. The number of benzene rings is 2. The molecule has 0 saturated heterocycles. The van der Waals surface area contributed by atoms with E-state index in [-0.39, 0.29) is 5.75 Å². The maximum atomic E-state index is 13.0. The zero-order chi connectivity index (χ0) is 26.4. The molecule has 2 heterocycles. The first-order valence-corrected chi connectivity index (χ1v) is 12.2. The van der Waals surface area contributed by atoms with Crippen LogP contribution in [0, 0.1) is 5.92 Å². The fourth-order valence-corrected chi connectivity index (χ4v) is 4.18. The van der Waals surface area contributed by atoms with Crippen molar-refractivity contribution in [3.05, 3.63) is 77.1 Å². The number of methoxy groups -OCH3 is 1. The van der Waals surface area contributed by atoms with Crippen LogP contribution in [0.5, 0.6) is 11.5 Å². The molecule has 0 bridgehead atoms. The summed E-state index contributed by atoms with van der Waals surface area (Å²) >= 11 is 0. The highest BCUT2D eigenvalue weighted by Gasteiger charge is 2.30. The number of rotatable bonds is 9. The van der Waals surface area contributed by atoms with Gasteiger partial charge >= 0.3 is 6.18 Å². The summed E-state index contributed by atoms with van der Waals surface area (Å²) in [6.07, 6.45) is 3.65. The highest BCUT2D eigenvalue weighted by Crippen LogP contribution is 2.32. The van der Waals surface area contributed by atoms with Crippen molar-refractivity contribution in [1.82, 2.24) is 5.32 Å². The second kappa shape index (κ2) is 11.5. The molecule has 0 aromatic heterocycles. The third-order valence-corrected chi connectivity index (χ3v) is 6.17. The fraction of sp³-hybridized carbons (Fsp3) is 0.357. The summed E-state index contributed by atoms with van der Waals surface area (Å²) in [7, 11) is 1.66. The average molecular weight is 513 g/mol. The average Bonchev–Trinajstić information content (AvgIpc) is 2.87. The van der Waals surface area contributed by atoms with Gasteiger partial charge in [0, 0.05) is 29.4 Å². The van der Waals surface area contributed by atoms with E-state index in [1.807, 2.05) is 32.2 Å². The molecule has 37 heavy (non-hydrogen) atoms. The first-order valence-electron chi connectivity index (χ1n) is 12.2. The smallest absolute Gasteiger partial charge is 0.416 e. The molecule has 2 unspecified atom stereocenters. The molecular formula is C28H31F3N4O2. The number of hydrogen-bond acceptors (Lipinski definition) is 6. The second-order valence-electron chi connectivity index (χ2n) is 9.12. The molecule has 0 amide bonds. The molecule has 2 aliphatic heterocycles. The molecule has 0 aliphatic carbocycles. The summed E-state index contributed by atoms with van der Waals surface area (Å²) in [4.78, 5) is 8.91. The largest absolute Gasteiger partial charge is 0.496 e. The van der Waals surface area contributed by atoms with Gasteiger partial charge in [0.1, 0.15) is 17.3 Å². The lowest BCUT2D eigenvalue weighted by atomic mass is 9.95. The van der Waals surface area contributed by atoms with E-state index in [4.69, 9.17) is 9.47 Å². The Kier molecular flexibility index (Phi) is 8.21. The Morgan fingerprint density at radius 2 is 1.97 bits per heavy atom. The lowest BCUT2D eigenvalue weighted by molar-refractivity contribution is -0.137. The Bertz CT molecular complexity index is 1230. The van der Waals surface area contributed by atoms with Crippen LogP contribution in [0.2, 0.25) is 0 Å². The van der Waals surface area contributed by atoms with Crippen LogP contribution in [-0.2, 0) is 12.6 Å². The van der Waals surface area contributed by atoms with Crippen molar-refractivity contribution in [3.63, 3.8) is 0 Å². The third kappa shape index (κ3) is 7.38. The third-order valence-electron chi connectivity index (χ3n) is 6.17. The molecule has 9 heteroatoms. The number of alkyl halides is 3. The summed E-state index contributed by atoms with van der Waals surface area (Å²) in [5, 5.41) is 6.50. The standard InChI is InChI=1S/C28H31F3N4O2/c1-18-7-8-20(16-32-18)9-10-21-11-12-23(15-25(21)36-3)33-17-26-34-19(2)13-27(35-26)37-24-6-4-5-22(14-24)28(29,30)31/h4-7,11-16,20,27,33H,8-10,17H2,1-3H3,(H,34,35). The number of nitrogens with one attached hydrogen (secondary N) is 2. The van der Waals surface area contributed by atoms with Gasteiger partial charge in [0.2, 0.25) is 6.23 Å². The first kappa shape index (κ1) is 26.3. The molecule has 0 saturated carbocycles. The number of hydrogen-bond donors (Lipinski definition) is 2. The lowest BCUT2D eigenvalue weighted by Crippen LogP contribution is -2.35. The van der Waals surface area contributed by atoms with Crippen LogP contribution in [0.15, 0.2) is 76.0 Å². The summed E-state index contributed by atoms with van der Waals surface area (Å²) < 4.78 is 50.4. The first-order chi connectivity index (χ1) is 17.7. The molecule has 4 rings (SSSR count). The molecule has 0 radical (unpaired) electrons. The van der Waals surface area contributed by atoms with E-state index in [1.165, 1.54) is 12.1 Å². The van der Waals surface area contributed by atoms with Crippen molar-refractivity contribution in [1.29, 1.82) is 0 Å². The normalized spacial score (nSPS) is 19.4. The van der Waals surface area contributed by atoms with Crippen LogP contribution < -0.4 is 20.1 Å². The maximum Gasteiger partial charge on any atom is 0.416 e. The summed E-state index contributed by atoms with van der Waals surface area (Å²) in [6, 6.07) is 10.8. The van der Waals surface area contributed by atoms with E-state index in [2.05, 4.69) is 32.8 Å². The van der Waals surface area contributed by atoms with Crippen molar-refractivity contribution in [2.24, 2.45) is 15.9 Å². The van der Waals surface area contributed by atoms with Crippen molar-refractivity contribution >= 4 is 17.7 Å². The minimum Gasteiger partial charge on any atom is -0.496 e. The Labute approximate surface area is 215 Å². The highest BCUT2D eigenvalue weighted by atomic mass is 19.4. The van der Waals surface area contributed by atoms with Gasteiger partial charge in [-0.05, 0) is 74.9 Å². The van der Waals surface area contributed by atoms with E-state index >= 15 is 0 Å². The number of amidine groups is 1. The Balaban J connectivity index is 1.36. The number of aliphatic imine (C=N–C) groups is 2. The number of aryl methyl sites for hydroxylation is 1. The van der Waals surface area contributed by atoms with E-state index in [0.29, 0.717) is 18.3 Å². The Morgan fingerprint density at radius 3 is 2.70 bits per heavy atom. The second-order valence-corrected chi connectivity index (χ2v) is 9.12. The van der Waals surface area contributed by atoms with Crippen molar-refractivity contribution in [2.45, 2.75) is 45.5 Å². The summed E-state index contributed by atoms with van der Waals surface area (Å²) in [5.41, 5.74) is 3.11. The van der Waals surface area contributed by atoms with Crippen LogP contribution in [0.25, 0.3) is 0 Å². The summed E-state index contributed by atoms with van der Waals surface area (Å²) in [6.45, 7) is 4.24. The zero-order valence-corrected chi connectivity index (χ0v) is 21.1. The number of anilines is 1. The van der Waals surface area contributed by atoms with Crippen LogP contribution in [0.1, 0.15) is 37.8 Å². The van der Waals surface area contributed by atoms with Crippen LogP contribution in [0.4, 0.5) is 18.9 Å². The van der Waals surface area contributed by atoms with Gasteiger partial charge in [-0.3, -0.25) is 4.99 Å². The van der Waals surface area contributed by atoms with Gasteiger partial charge in [-0.25, -0.2) is 4.99 Å². The minimum absolute atomic E-state index is 0.104. The van der Waals surface area contributed by atoms with Gasteiger partial charge in [-0.2, -0.15) is 13.2 Å². The van der Waals surface area contributed by atoms with Crippen LogP contribution >= 0.6 is 0 Å². The molecule has 0 spiro atoms. The molecule has 196 valence electrons. The zero-order valence-electron chi connectivity index (χ0n) is 21.1. The predicted octanol–water partition coefficient (Wildman–Crippen LogP) is 6.36. The van der Waals surface area contributed by atoms with Crippen molar-refractivity contribution in [2.75, 3.05) is 19.0 Å². The van der Waals surface area contributed by atoms with Gasteiger partial charge in [0.15, 0.2) is 0 Å². The molecule has 6 nitrogen and oxygen atoms in total. The molecule has 2 aliphatic rings. The Morgan fingerprint density at radius 1 is 1.14 bits per heavy atom. The van der Waals surface area contributed by atoms with Gasteiger partial charge in [0.05, 0.1) is 19.2 Å².